The van der Waals surface area contributed by atoms with E-state index >= 15 is 0 Å². The monoisotopic (exact) mass is 523 g/mol. The number of nitrogens with one attached hydrogen (secondary N) is 2. The van der Waals surface area contributed by atoms with E-state index in [2.05, 4.69) is 20.2 Å². The van der Waals surface area contributed by atoms with Gasteiger partial charge in [-0.2, -0.15) is 9.29 Å². The van der Waals surface area contributed by atoms with Crippen molar-refractivity contribution in [2.45, 2.75) is 61.5 Å². The summed E-state index contributed by atoms with van der Waals surface area (Å²) >= 11 is 0. The zero-order valence-corrected chi connectivity index (χ0v) is 22.0. The molecule has 1 amide bonds. The number of anilines is 2. The SMILES string of the molecule is CN(C)C(=O)c1cc2cnc(Nc3ccc(S(=O)(=O)N4CC5CCC4CN5)cc3)nc2n1C1CCCC1. The van der Waals surface area contributed by atoms with Gasteiger partial charge in [0.2, 0.25) is 16.0 Å². The van der Waals surface area contributed by atoms with Gasteiger partial charge in [-0.1, -0.05) is 12.8 Å². The molecule has 37 heavy (non-hydrogen) atoms. The fourth-order valence-electron chi connectivity index (χ4n) is 5.93. The highest BCUT2D eigenvalue weighted by molar-refractivity contribution is 7.89. The summed E-state index contributed by atoms with van der Waals surface area (Å²) < 4.78 is 30.3. The van der Waals surface area contributed by atoms with Gasteiger partial charge < -0.3 is 20.1 Å². The Balaban J connectivity index is 1.27. The second kappa shape index (κ2) is 9.38. The number of carbonyl (C=O) groups is 1. The first-order valence-electron chi connectivity index (χ1n) is 13.0. The standard InChI is InChI=1S/C26H33N7O3S/c1-31(2)25(34)23-13-17-14-28-26(30-24(17)33(23)20-5-3-4-6-20)29-18-8-11-22(12-9-18)37(35,36)32-16-19-7-10-21(32)15-27-19/h8-9,11-14,19-21,27H,3-7,10,15-16H2,1-2H3,(H,28,29,30). The fraction of sp³-hybridized carbons (Fsp3) is 0.500. The molecule has 10 nitrogen and oxygen atoms in total. The molecule has 1 aromatic carbocycles. The smallest absolute Gasteiger partial charge is 0.270 e. The van der Waals surface area contributed by atoms with Gasteiger partial charge in [0.05, 0.1) is 4.90 Å². The van der Waals surface area contributed by atoms with Crippen LogP contribution in [0.3, 0.4) is 0 Å². The van der Waals surface area contributed by atoms with Crippen molar-refractivity contribution in [3.63, 3.8) is 0 Å². The van der Waals surface area contributed by atoms with E-state index in [1.54, 1.807) is 53.8 Å². The topological polar surface area (TPSA) is 112 Å². The number of piperidine rings is 2. The number of sulfonamides is 1. The van der Waals surface area contributed by atoms with Crippen LogP contribution in [0.1, 0.15) is 55.1 Å². The second-order valence-electron chi connectivity index (χ2n) is 10.6. The summed E-state index contributed by atoms with van der Waals surface area (Å²) in [6.07, 6.45) is 7.99. The van der Waals surface area contributed by atoms with Gasteiger partial charge in [-0.05, 0) is 56.0 Å². The molecule has 196 valence electrons. The summed E-state index contributed by atoms with van der Waals surface area (Å²) in [6.45, 7) is 1.24. The van der Waals surface area contributed by atoms with E-state index in [-0.39, 0.29) is 24.0 Å². The number of rotatable bonds is 6. The van der Waals surface area contributed by atoms with Gasteiger partial charge in [0.15, 0.2) is 0 Å². The first-order valence-corrected chi connectivity index (χ1v) is 14.5. The quantitative estimate of drug-likeness (QED) is 0.511. The van der Waals surface area contributed by atoms with E-state index in [9.17, 15) is 13.2 Å². The number of fused-ring (bicyclic) bond motifs is 4. The molecule has 3 aromatic rings. The van der Waals surface area contributed by atoms with Crippen molar-refractivity contribution in [2.75, 3.05) is 32.5 Å². The number of amides is 1. The molecular weight excluding hydrogens is 490 g/mol. The number of hydrogen-bond acceptors (Lipinski definition) is 7. The highest BCUT2D eigenvalue weighted by Crippen LogP contribution is 2.35. The van der Waals surface area contributed by atoms with E-state index in [4.69, 9.17) is 4.98 Å². The van der Waals surface area contributed by atoms with Crippen LogP contribution in [0.25, 0.3) is 11.0 Å². The zero-order valence-electron chi connectivity index (χ0n) is 21.2. The predicted octanol–water partition coefficient (Wildman–Crippen LogP) is 3.12. The van der Waals surface area contributed by atoms with Gasteiger partial charge in [-0.25, -0.2) is 13.4 Å². The summed E-state index contributed by atoms with van der Waals surface area (Å²) in [5, 5.41) is 7.44. The van der Waals surface area contributed by atoms with Crippen LogP contribution in [-0.4, -0.2) is 77.3 Å². The third-order valence-electron chi connectivity index (χ3n) is 7.91. The van der Waals surface area contributed by atoms with Gasteiger partial charge in [-0.15, -0.1) is 0 Å². The maximum Gasteiger partial charge on any atom is 0.270 e. The molecule has 1 saturated carbocycles. The molecule has 2 bridgehead atoms. The highest BCUT2D eigenvalue weighted by Gasteiger charge is 2.40. The lowest BCUT2D eigenvalue weighted by atomic mass is 9.96. The molecule has 11 heteroatoms. The average molecular weight is 524 g/mol. The Morgan fingerprint density at radius 1 is 1.08 bits per heavy atom. The Bertz CT molecular complexity index is 1420. The van der Waals surface area contributed by atoms with Crippen molar-refractivity contribution >= 4 is 38.6 Å². The lowest BCUT2D eigenvalue weighted by Crippen LogP contribution is -2.62. The molecule has 3 saturated heterocycles. The number of hydrogen-bond donors (Lipinski definition) is 2. The molecule has 0 radical (unpaired) electrons. The van der Waals surface area contributed by atoms with E-state index in [0.29, 0.717) is 35.3 Å². The molecule has 1 aliphatic carbocycles. The Morgan fingerprint density at radius 3 is 2.46 bits per heavy atom. The van der Waals surface area contributed by atoms with Crippen LogP contribution in [-0.2, 0) is 10.0 Å². The molecule has 2 aromatic heterocycles. The van der Waals surface area contributed by atoms with Gasteiger partial charge in [-0.3, -0.25) is 4.79 Å². The van der Waals surface area contributed by atoms with Crippen molar-refractivity contribution < 1.29 is 13.2 Å². The van der Waals surface area contributed by atoms with Gasteiger partial charge >= 0.3 is 0 Å². The summed E-state index contributed by atoms with van der Waals surface area (Å²) in [5.41, 5.74) is 2.07. The zero-order chi connectivity index (χ0) is 25.7. The summed E-state index contributed by atoms with van der Waals surface area (Å²) in [5.74, 6) is 0.359. The fourth-order valence-corrected chi connectivity index (χ4v) is 7.63. The van der Waals surface area contributed by atoms with Crippen molar-refractivity contribution in [2.24, 2.45) is 0 Å². The van der Waals surface area contributed by atoms with Gasteiger partial charge in [0.1, 0.15) is 11.3 Å². The summed E-state index contributed by atoms with van der Waals surface area (Å²) in [6, 6.07) is 9.15. The third kappa shape index (κ3) is 4.38. The molecule has 3 aliphatic heterocycles. The Morgan fingerprint density at radius 2 is 1.84 bits per heavy atom. The number of carbonyl (C=O) groups excluding carboxylic acids is 1. The largest absolute Gasteiger partial charge is 0.343 e. The normalized spacial score (nSPS) is 22.5. The molecule has 7 rings (SSSR count). The first-order chi connectivity index (χ1) is 17.8. The highest BCUT2D eigenvalue weighted by atomic mass is 32.2. The van der Waals surface area contributed by atoms with Crippen LogP contribution in [0.5, 0.6) is 0 Å². The number of aromatic nitrogens is 3. The van der Waals surface area contributed by atoms with Crippen LogP contribution < -0.4 is 10.6 Å². The van der Waals surface area contributed by atoms with Crippen LogP contribution in [0.15, 0.2) is 41.4 Å². The van der Waals surface area contributed by atoms with Crippen molar-refractivity contribution in [3.05, 3.63) is 42.2 Å². The Kier molecular flexibility index (Phi) is 6.16. The summed E-state index contributed by atoms with van der Waals surface area (Å²) in [4.78, 5) is 24.1. The minimum atomic E-state index is -3.54. The first kappa shape index (κ1) is 24.3. The minimum Gasteiger partial charge on any atom is -0.343 e. The van der Waals surface area contributed by atoms with Gasteiger partial charge in [0.25, 0.3) is 5.91 Å². The predicted molar refractivity (Wildman–Crippen MR) is 141 cm³/mol. The second-order valence-corrected chi connectivity index (χ2v) is 12.5. The molecule has 2 atom stereocenters. The number of nitrogens with zero attached hydrogens (tertiary/aromatic N) is 5. The molecule has 0 spiro atoms. The molecule has 4 aliphatic rings. The Hall–Kier alpha value is -3.02. The lowest BCUT2D eigenvalue weighted by molar-refractivity contribution is 0.0815. The van der Waals surface area contributed by atoms with Crippen LogP contribution >= 0.6 is 0 Å². The maximum absolute atomic E-state index is 13.3. The van der Waals surface area contributed by atoms with Crippen LogP contribution in [0.4, 0.5) is 11.6 Å². The van der Waals surface area contributed by atoms with E-state index in [1.807, 2.05) is 6.07 Å². The lowest BCUT2D eigenvalue weighted by Gasteiger charge is -2.44. The molecular formula is C26H33N7O3S. The number of benzene rings is 1. The summed E-state index contributed by atoms with van der Waals surface area (Å²) in [7, 11) is -0.0275. The number of piperazine rings is 1. The van der Waals surface area contributed by atoms with Crippen molar-refractivity contribution in [3.8, 4) is 0 Å². The average Bonchev–Trinajstić information content (AvgIpc) is 3.57. The van der Waals surface area contributed by atoms with E-state index < -0.39 is 10.0 Å². The van der Waals surface area contributed by atoms with E-state index in [1.165, 1.54) is 0 Å². The van der Waals surface area contributed by atoms with E-state index in [0.717, 1.165) is 49.6 Å². The molecule has 2 unspecified atom stereocenters. The Labute approximate surface area is 217 Å². The molecule has 2 N–H and O–H groups in total. The third-order valence-corrected chi connectivity index (χ3v) is 9.84. The van der Waals surface area contributed by atoms with Crippen molar-refractivity contribution in [1.82, 2.24) is 29.1 Å². The molecule has 4 fully saturated rings. The van der Waals surface area contributed by atoms with Crippen LogP contribution in [0, 0.1) is 0 Å². The van der Waals surface area contributed by atoms with Crippen molar-refractivity contribution in [1.29, 1.82) is 0 Å². The van der Waals surface area contributed by atoms with Crippen LogP contribution in [0.2, 0.25) is 0 Å². The minimum absolute atomic E-state index is 0.0216. The maximum atomic E-state index is 13.3. The molecule has 5 heterocycles. The van der Waals surface area contributed by atoms with Gasteiger partial charge in [0, 0.05) is 62.6 Å².